The Hall–Kier alpha value is -1.39. The number of aryl methyl sites for hydroxylation is 1. The molecule has 4 nitrogen and oxygen atoms in total. The van der Waals surface area contributed by atoms with Gasteiger partial charge in [0, 0.05) is 25.3 Å². The van der Waals surface area contributed by atoms with Gasteiger partial charge in [-0.05, 0) is 57.3 Å². The molecular weight excluding hydrogens is 310 g/mol. The SMILES string of the molecule is Cc1ccc(NC(=O)CN2CCCN(CC3CCCCC3)CC2)cc1. The molecule has 0 atom stereocenters. The Morgan fingerprint density at radius 2 is 1.64 bits per heavy atom. The molecule has 4 heteroatoms. The quantitative estimate of drug-likeness (QED) is 0.888. The zero-order valence-electron chi connectivity index (χ0n) is 15.7. The molecule has 1 aliphatic heterocycles. The second-order valence-corrected chi connectivity index (χ2v) is 7.85. The van der Waals surface area contributed by atoms with Crippen LogP contribution < -0.4 is 5.32 Å². The Morgan fingerprint density at radius 3 is 2.40 bits per heavy atom. The molecular formula is C21H33N3O. The van der Waals surface area contributed by atoms with Gasteiger partial charge in [0.15, 0.2) is 0 Å². The number of hydrogen-bond donors (Lipinski definition) is 1. The highest BCUT2D eigenvalue weighted by Gasteiger charge is 2.21. The number of rotatable bonds is 5. The van der Waals surface area contributed by atoms with Crippen LogP contribution in [0.25, 0.3) is 0 Å². The lowest BCUT2D eigenvalue weighted by Crippen LogP contribution is -2.37. The molecule has 0 radical (unpaired) electrons. The maximum Gasteiger partial charge on any atom is 0.238 e. The van der Waals surface area contributed by atoms with Gasteiger partial charge in [-0.15, -0.1) is 0 Å². The summed E-state index contributed by atoms with van der Waals surface area (Å²) >= 11 is 0. The summed E-state index contributed by atoms with van der Waals surface area (Å²) in [6.07, 6.45) is 8.27. The van der Waals surface area contributed by atoms with E-state index in [4.69, 9.17) is 0 Å². The lowest BCUT2D eigenvalue weighted by atomic mass is 9.89. The van der Waals surface area contributed by atoms with Gasteiger partial charge in [0.05, 0.1) is 6.54 Å². The van der Waals surface area contributed by atoms with E-state index in [1.807, 2.05) is 24.3 Å². The first-order valence-corrected chi connectivity index (χ1v) is 10.0. The number of hydrogen-bond acceptors (Lipinski definition) is 3. The van der Waals surface area contributed by atoms with Gasteiger partial charge in [-0.1, -0.05) is 37.0 Å². The topological polar surface area (TPSA) is 35.6 Å². The summed E-state index contributed by atoms with van der Waals surface area (Å²) in [7, 11) is 0. The minimum Gasteiger partial charge on any atom is -0.325 e. The summed E-state index contributed by atoms with van der Waals surface area (Å²) in [6, 6.07) is 8.01. The second-order valence-electron chi connectivity index (χ2n) is 7.85. The second kappa shape index (κ2) is 9.35. The van der Waals surface area contributed by atoms with Gasteiger partial charge < -0.3 is 10.2 Å². The Kier molecular flexibility index (Phi) is 6.88. The molecule has 0 unspecified atom stereocenters. The van der Waals surface area contributed by atoms with Crippen molar-refractivity contribution in [3.63, 3.8) is 0 Å². The molecule has 1 aliphatic carbocycles. The number of amides is 1. The Bertz CT molecular complexity index is 537. The van der Waals surface area contributed by atoms with Crippen LogP contribution in [0.5, 0.6) is 0 Å². The Balaban J connectivity index is 1.41. The van der Waals surface area contributed by atoms with Crippen LogP contribution in [0, 0.1) is 12.8 Å². The standard InChI is InChI=1S/C21H33N3O/c1-18-8-10-20(11-9-18)22-21(25)17-24-13-5-12-23(14-15-24)16-19-6-3-2-4-7-19/h8-11,19H,2-7,12-17H2,1H3,(H,22,25). The maximum atomic E-state index is 12.3. The van der Waals surface area contributed by atoms with Gasteiger partial charge in [-0.3, -0.25) is 9.69 Å². The number of carbonyl (C=O) groups is 1. The highest BCUT2D eigenvalue weighted by molar-refractivity contribution is 5.92. The molecule has 1 amide bonds. The largest absolute Gasteiger partial charge is 0.325 e. The average molecular weight is 344 g/mol. The first kappa shape index (κ1) is 18.4. The van der Waals surface area contributed by atoms with E-state index in [9.17, 15) is 4.79 Å². The maximum absolute atomic E-state index is 12.3. The van der Waals surface area contributed by atoms with E-state index in [1.54, 1.807) is 0 Å². The predicted octanol–water partition coefficient (Wildman–Crippen LogP) is 3.52. The number of carbonyl (C=O) groups excluding carboxylic acids is 1. The van der Waals surface area contributed by atoms with Crippen molar-refractivity contribution >= 4 is 11.6 Å². The molecule has 2 aliphatic rings. The normalized spacial score (nSPS) is 21.0. The molecule has 1 heterocycles. The van der Waals surface area contributed by atoms with E-state index in [0.717, 1.165) is 31.2 Å². The minimum absolute atomic E-state index is 0.101. The predicted molar refractivity (Wildman–Crippen MR) is 104 cm³/mol. The molecule has 25 heavy (non-hydrogen) atoms. The number of benzene rings is 1. The fraction of sp³-hybridized carbons (Fsp3) is 0.667. The summed E-state index contributed by atoms with van der Waals surface area (Å²) in [5, 5.41) is 3.02. The van der Waals surface area contributed by atoms with Crippen molar-refractivity contribution in [1.29, 1.82) is 0 Å². The third-order valence-electron chi connectivity index (χ3n) is 5.62. The Morgan fingerprint density at radius 1 is 0.960 bits per heavy atom. The molecule has 2 fully saturated rings. The van der Waals surface area contributed by atoms with Crippen LogP contribution in [-0.4, -0.2) is 55.0 Å². The van der Waals surface area contributed by atoms with Gasteiger partial charge in [-0.2, -0.15) is 0 Å². The molecule has 1 saturated carbocycles. The molecule has 138 valence electrons. The van der Waals surface area contributed by atoms with E-state index in [2.05, 4.69) is 22.0 Å². The van der Waals surface area contributed by atoms with E-state index in [1.165, 1.54) is 57.2 Å². The van der Waals surface area contributed by atoms with E-state index in [-0.39, 0.29) is 5.91 Å². The lowest BCUT2D eigenvalue weighted by molar-refractivity contribution is -0.117. The van der Waals surface area contributed by atoms with Crippen LogP contribution in [0.1, 0.15) is 44.1 Å². The van der Waals surface area contributed by atoms with Gasteiger partial charge in [-0.25, -0.2) is 0 Å². The van der Waals surface area contributed by atoms with Gasteiger partial charge >= 0.3 is 0 Å². The Labute approximate surface area is 152 Å². The van der Waals surface area contributed by atoms with Crippen molar-refractivity contribution in [3.8, 4) is 0 Å². The van der Waals surface area contributed by atoms with Crippen LogP contribution in [0.15, 0.2) is 24.3 Å². The van der Waals surface area contributed by atoms with Crippen molar-refractivity contribution in [2.24, 2.45) is 5.92 Å². The van der Waals surface area contributed by atoms with Crippen LogP contribution in [0.3, 0.4) is 0 Å². The smallest absolute Gasteiger partial charge is 0.238 e. The lowest BCUT2D eigenvalue weighted by Gasteiger charge is -2.28. The number of nitrogens with zero attached hydrogens (tertiary/aromatic N) is 2. The highest BCUT2D eigenvalue weighted by atomic mass is 16.2. The van der Waals surface area contributed by atoms with Gasteiger partial charge in [0.1, 0.15) is 0 Å². The molecule has 0 bridgehead atoms. The van der Waals surface area contributed by atoms with E-state index < -0.39 is 0 Å². The molecule has 1 aromatic rings. The molecule has 0 spiro atoms. The van der Waals surface area contributed by atoms with Crippen molar-refractivity contribution < 1.29 is 4.79 Å². The number of anilines is 1. The average Bonchev–Trinajstić information content (AvgIpc) is 2.83. The summed E-state index contributed by atoms with van der Waals surface area (Å²) < 4.78 is 0. The third kappa shape index (κ3) is 6.12. The fourth-order valence-corrected chi connectivity index (χ4v) is 4.14. The van der Waals surface area contributed by atoms with Crippen LogP contribution >= 0.6 is 0 Å². The summed E-state index contributed by atoms with van der Waals surface area (Å²) in [6.45, 7) is 8.16. The first-order chi connectivity index (χ1) is 12.2. The zero-order chi connectivity index (χ0) is 17.5. The fourth-order valence-electron chi connectivity index (χ4n) is 4.14. The van der Waals surface area contributed by atoms with Gasteiger partial charge in [0.25, 0.3) is 0 Å². The van der Waals surface area contributed by atoms with Crippen molar-refractivity contribution in [2.75, 3.05) is 44.6 Å². The zero-order valence-corrected chi connectivity index (χ0v) is 15.7. The van der Waals surface area contributed by atoms with Gasteiger partial charge in [0.2, 0.25) is 5.91 Å². The van der Waals surface area contributed by atoms with Crippen molar-refractivity contribution in [2.45, 2.75) is 45.4 Å². The van der Waals surface area contributed by atoms with Crippen LogP contribution in [0.2, 0.25) is 0 Å². The summed E-state index contributed by atoms with van der Waals surface area (Å²) in [5.41, 5.74) is 2.10. The van der Waals surface area contributed by atoms with Crippen molar-refractivity contribution in [3.05, 3.63) is 29.8 Å². The molecule has 1 aromatic carbocycles. The minimum atomic E-state index is 0.101. The monoisotopic (exact) mass is 343 g/mol. The van der Waals surface area contributed by atoms with Crippen LogP contribution in [0.4, 0.5) is 5.69 Å². The molecule has 3 rings (SSSR count). The molecule has 1 saturated heterocycles. The van der Waals surface area contributed by atoms with E-state index in [0.29, 0.717) is 6.54 Å². The van der Waals surface area contributed by atoms with Crippen LogP contribution in [-0.2, 0) is 4.79 Å². The first-order valence-electron chi connectivity index (χ1n) is 10.0. The molecule has 1 N–H and O–H groups in total. The molecule has 0 aromatic heterocycles. The van der Waals surface area contributed by atoms with Crippen molar-refractivity contribution in [1.82, 2.24) is 9.80 Å². The summed E-state index contributed by atoms with van der Waals surface area (Å²) in [5.74, 6) is 1.01. The third-order valence-corrected chi connectivity index (χ3v) is 5.62. The highest BCUT2D eigenvalue weighted by Crippen LogP contribution is 2.24. The summed E-state index contributed by atoms with van der Waals surface area (Å²) in [4.78, 5) is 17.3. The number of nitrogens with one attached hydrogen (secondary N) is 1. The van der Waals surface area contributed by atoms with E-state index >= 15 is 0 Å².